The standard InChI is InChI=1S/C11H19NO3S/c13-11-6-7-16(14,15)8-10(12-11)9-4-2-1-3-5-9/h9-10H,1-8H2,(H,12,13). The third-order valence-corrected chi connectivity index (χ3v) is 5.33. The second kappa shape index (κ2) is 4.73. The molecule has 1 amide bonds. The van der Waals surface area contributed by atoms with Crippen LogP contribution in [0, 0.1) is 5.92 Å². The fraction of sp³-hybridized carbons (Fsp3) is 0.909. The highest BCUT2D eigenvalue weighted by atomic mass is 32.2. The number of sulfone groups is 1. The molecule has 1 aliphatic carbocycles. The summed E-state index contributed by atoms with van der Waals surface area (Å²) < 4.78 is 23.4. The molecule has 2 fully saturated rings. The van der Waals surface area contributed by atoms with E-state index in [0.717, 1.165) is 25.7 Å². The van der Waals surface area contributed by atoms with Gasteiger partial charge in [0.1, 0.15) is 0 Å². The lowest BCUT2D eigenvalue weighted by Gasteiger charge is -2.29. The molecule has 0 aromatic rings. The van der Waals surface area contributed by atoms with Gasteiger partial charge in [-0.3, -0.25) is 4.79 Å². The van der Waals surface area contributed by atoms with Gasteiger partial charge in [-0.05, 0) is 18.8 Å². The third-order valence-electron chi connectivity index (χ3n) is 3.64. The van der Waals surface area contributed by atoms with Gasteiger partial charge in [-0.2, -0.15) is 0 Å². The van der Waals surface area contributed by atoms with Gasteiger partial charge in [0.25, 0.3) is 0 Å². The summed E-state index contributed by atoms with van der Waals surface area (Å²) in [4.78, 5) is 11.4. The van der Waals surface area contributed by atoms with E-state index >= 15 is 0 Å². The van der Waals surface area contributed by atoms with E-state index in [2.05, 4.69) is 5.32 Å². The van der Waals surface area contributed by atoms with Crippen LogP contribution in [-0.4, -0.2) is 31.9 Å². The molecule has 1 N–H and O–H groups in total. The molecule has 1 heterocycles. The van der Waals surface area contributed by atoms with Crippen molar-refractivity contribution in [2.45, 2.75) is 44.6 Å². The summed E-state index contributed by atoms with van der Waals surface area (Å²) in [6.45, 7) is 0. The zero-order chi connectivity index (χ0) is 11.6. The molecule has 1 unspecified atom stereocenters. The maximum absolute atomic E-state index is 11.7. The Hall–Kier alpha value is -0.580. The molecule has 0 spiro atoms. The van der Waals surface area contributed by atoms with Gasteiger partial charge in [0, 0.05) is 12.5 Å². The van der Waals surface area contributed by atoms with Gasteiger partial charge in [0.15, 0.2) is 9.84 Å². The summed E-state index contributed by atoms with van der Waals surface area (Å²) in [6, 6.07) is -0.139. The lowest BCUT2D eigenvalue weighted by Crippen LogP contribution is -2.43. The first kappa shape index (κ1) is 11.9. The van der Waals surface area contributed by atoms with Crippen molar-refractivity contribution in [2.24, 2.45) is 5.92 Å². The fourth-order valence-corrected chi connectivity index (χ4v) is 4.28. The first-order valence-electron chi connectivity index (χ1n) is 6.07. The van der Waals surface area contributed by atoms with Crippen LogP contribution in [-0.2, 0) is 14.6 Å². The van der Waals surface area contributed by atoms with Crippen LogP contribution in [0.15, 0.2) is 0 Å². The van der Waals surface area contributed by atoms with Crippen molar-refractivity contribution in [3.05, 3.63) is 0 Å². The fourth-order valence-electron chi connectivity index (χ4n) is 2.72. The zero-order valence-corrected chi connectivity index (χ0v) is 10.3. The lowest BCUT2D eigenvalue weighted by molar-refractivity contribution is -0.121. The molecule has 1 saturated heterocycles. The maximum atomic E-state index is 11.7. The first-order chi connectivity index (χ1) is 7.57. The van der Waals surface area contributed by atoms with Gasteiger partial charge >= 0.3 is 0 Å². The lowest BCUT2D eigenvalue weighted by atomic mass is 9.84. The van der Waals surface area contributed by atoms with Crippen molar-refractivity contribution in [1.29, 1.82) is 0 Å². The predicted octanol–water partition coefficient (Wildman–Crippen LogP) is 0.870. The van der Waals surface area contributed by atoms with Crippen LogP contribution in [0.25, 0.3) is 0 Å². The second-order valence-electron chi connectivity index (χ2n) is 4.94. The molecule has 0 radical (unpaired) electrons. The van der Waals surface area contributed by atoms with E-state index < -0.39 is 9.84 Å². The number of rotatable bonds is 1. The molecule has 1 saturated carbocycles. The van der Waals surface area contributed by atoms with Gasteiger partial charge in [-0.15, -0.1) is 0 Å². The minimum atomic E-state index is -3.03. The van der Waals surface area contributed by atoms with E-state index in [9.17, 15) is 13.2 Å². The Bertz CT molecular complexity index is 357. The van der Waals surface area contributed by atoms with Crippen LogP contribution >= 0.6 is 0 Å². The van der Waals surface area contributed by atoms with Crippen molar-refractivity contribution in [3.63, 3.8) is 0 Å². The van der Waals surface area contributed by atoms with Gasteiger partial charge in [-0.25, -0.2) is 8.42 Å². The second-order valence-corrected chi connectivity index (χ2v) is 7.17. The van der Waals surface area contributed by atoms with Crippen LogP contribution in [0.2, 0.25) is 0 Å². The molecular formula is C11H19NO3S. The highest BCUT2D eigenvalue weighted by Gasteiger charge is 2.32. The van der Waals surface area contributed by atoms with Crippen LogP contribution in [0.4, 0.5) is 0 Å². The summed E-state index contributed by atoms with van der Waals surface area (Å²) in [6.07, 6.45) is 5.81. The number of carbonyl (C=O) groups is 1. The summed E-state index contributed by atoms with van der Waals surface area (Å²) in [5.41, 5.74) is 0. The SMILES string of the molecule is O=C1CCS(=O)(=O)CC(C2CCCCC2)N1. The monoisotopic (exact) mass is 245 g/mol. The van der Waals surface area contributed by atoms with Crippen molar-refractivity contribution in [2.75, 3.05) is 11.5 Å². The molecule has 16 heavy (non-hydrogen) atoms. The summed E-state index contributed by atoms with van der Waals surface area (Å²) >= 11 is 0. The van der Waals surface area contributed by atoms with Crippen LogP contribution in [0.5, 0.6) is 0 Å². The molecule has 0 bridgehead atoms. The van der Waals surface area contributed by atoms with Crippen LogP contribution < -0.4 is 5.32 Å². The Morgan fingerprint density at radius 3 is 2.50 bits per heavy atom. The normalized spacial score (nSPS) is 31.8. The Morgan fingerprint density at radius 1 is 1.12 bits per heavy atom. The minimum absolute atomic E-state index is 0.0159. The topological polar surface area (TPSA) is 63.2 Å². The zero-order valence-electron chi connectivity index (χ0n) is 9.44. The Balaban J connectivity index is 2.08. The van der Waals surface area contributed by atoms with Crippen molar-refractivity contribution < 1.29 is 13.2 Å². The van der Waals surface area contributed by atoms with E-state index in [-0.39, 0.29) is 29.9 Å². The van der Waals surface area contributed by atoms with Gasteiger partial charge in [0.2, 0.25) is 5.91 Å². The summed E-state index contributed by atoms with van der Waals surface area (Å²) in [5.74, 6) is 0.424. The number of hydrogen-bond acceptors (Lipinski definition) is 3. The average molecular weight is 245 g/mol. The van der Waals surface area contributed by atoms with Gasteiger partial charge in [0.05, 0.1) is 11.5 Å². The van der Waals surface area contributed by atoms with Gasteiger partial charge < -0.3 is 5.32 Å². The predicted molar refractivity (Wildman–Crippen MR) is 61.8 cm³/mol. The maximum Gasteiger partial charge on any atom is 0.221 e. The van der Waals surface area contributed by atoms with Crippen LogP contribution in [0.1, 0.15) is 38.5 Å². The van der Waals surface area contributed by atoms with Crippen LogP contribution in [0.3, 0.4) is 0 Å². The number of carbonyl (C=O) groups excluding carboxylic acids is 1. The molecule has 1 aliphatic heterocycles. The largest absolute Gasteiger partial charge is 0.352 e. The van der Waals surface area contributed by atoms with E-state index in [1.54, 1.807) is 0 Å². The third kappa shape index (κ3) is 2.97. The Labute approximate surface area is 96.7 Å². The molecule has 92 valence electrons. The number of hydrogen-bond donors (Lipinski definition) is 1. The molecule has 1 atom stereocenters. The molecule has 4 nitrogen and oxygen atoms in total. The van der Waals surface area contributed by atoms with Gasteiger partial charge in [-0.1, -0.05) is 19.3 Å². The smallest absolute Gasteiger partial charge is 0.221 e. The highest BCUT2D eigenvalue weighted by molar-refractivity contribution is 7.91. The molecule has 2 aliphatic rings. The van der Waals surface area contributed by atoms with Crippen molar-refractivity contribution in [1.82, 2.24) is 5.32 Å². The molecule has 5 heteroatoms. The number of amides is 1. The molecular weight excluding hydrogens is 226 g/mol. The van der Waals surface area contributed by atoms with E-state index in [1.807, 2.05) is 0 Å². The molecule has 0 aromatic carbocycles. The Kier molecular flexibility index (Phi) is 3.52. The van der Waals surface area contributed by atoms with E-state index in [0.29, 0.717) is 5.92 Å². The summed E-state index contributed by atoms with van der Waals surface area (Å²) in [7, 11) is -3.03. The molecule has 2 rings (SSSR count). The van der Waals surface area contributed by atoms with Crippen molar-refractivity contribution in [3.8, 4) is 0 Å². The quantitative estimate of drug-likeness (QED) is 0.745. The van der Waals surface area contributed by atoms with Crippen molar-refractivity contribution >= 4 is 15.7 Å². The minimum Gasteiger partial charge on any atom is -0.352 e. The average Bonchev–Trinajstić information content (AvgIpc) is 2.39. The number of nitrogens with one attached hydrogen (secondary N) is 1. The molecule has 0 aromatic heterocycles. The Morgan fingerprint density at radius 2 is 1.81 bits per heavy atom. The van der Waals surface area contributed by atoms with E-state index in [1.165, 1.54) is 6.42 Å². The first-order valence-corrected chi connectivity index (χ1v) is 7.89. The summed E-state index contributed by atoms with van der Waals surface area (Å²) in [5, 5.41) is 2.89. The van der Waals surface area contributed by atoms with E-state index in [4.69, 9.17) is 0 Å². The highest BCUT2D eigenvalue weighted by Crippen LogP contribution is 2.28.